The second kappa shape index (κ2) is 8.54. The molecule has 2 aromatic rings. The van der Waals surface area contributed by atoms with Gasteiger partial charge in [-0.1, -0.05) is 0 Å². The van der Waals surface area contributed by atoms with Crippen LogP contribution in [0.2, 0.25) is 0 Å². The molecule has 26 heavy (non-hydrogen) atoms. The molecule has 0 radical (unpaired) electrons. The molecule has 0 aliphatic heterocycles. The van der Waals surface area contributed by atoms with Gasteiger partial charge in [-0.05, 0) is 36.4 Å². The zero-order valence-electron chi connectivity index (χ0n) is 14.6. The fourth-order valence-corrected chi connectivity index (χ4v) is 3.28. The van der Waals surface area contributed by atoms with Gasteiger partial charge in [-0.3, -0.25) is 4.79 Å². The fourth-order valence-electron chi connectivity index (χ4n) is 2.11. The minimum atomic E-state index is -3.97. The maximum absolute atomic E-state index is 12.5. The Balaban J connectivity index is 2.06. The highest BCUT2D eigenvalue weighted by molar-refractivity contribution is 7.89. The average Bonchev–Trinajstić information content (AvgIpc) is 2.66. The zero-order valence-corrected chi connectivity index (χ0v) is 15.4. The molecule has 0 saturated carbocycles. The number of carbonyl (C=O) groups excluding carboxylic acids is 1. The minimum absolute atomic E-state index is 0.114. The van der Waals surface area contributed by atoms with Crippen molar-refractivity contribution in [2.45, 2.75) is 4.90 Å². The van der Waals surface area contributed by atoms with Gasteiger partial charge >= 0.3 is 0 Å². The molecule has 8 nitrogen and oxygen atoms in total. The van der Waals surface area contributed by atoms with Gasteiger partial charge in [-0.25, -0.2) is 13.1 Å². The Morgan fingerprint density at radius 2 is 1.54 bits per heavy atom. The van der Waals surface area contributed by atoms with Crippen LogP contribution in [-0.4, -0.2) is 42.2 Å². The monoisotopic (exact) mass is 380 g/mol. The molecule has 0 heterocycles. The molecule has 0 bridgehead atoms. The Kier molecular flexibility index (Phi) is 6.42. The molecule has 0 aliphatic carbocycles. The third-order valence-corrected chi connectivity index (χ3v) is 4.88. The van der Waals surface area contributed by atoms with Crippen molar-refractivity contribution >= 4 is 21.6 Å². The summed E-state index contributed by atoms with van der Waals surface area (Å²) in [7, 11) is 0.350. The standard InChI is InChI=1S/C17H20N2O6S/c1-23-13-6-4-12(5-7-13)19-17(20)11-18-26(21,22)16-10-14(24-2)8-9-15(16)25-3/h4-10,18H,11H2,1-3H3,(H,19,20). The van der Waals surface area contributed by atoms with Crippen molar-refractivity contribution in [3.63, 3.8) is 0 Å². The van der Waals surface area contributed by atoms with Gasteiger partial charge in [0.05, 0.1) is 27.9 Å². The third kappa shape index (κ3) is 4.87. The van der Waals surface area contributed by atoms with Crippen LogP contribution in [0.5, 0.6) is 17.2 Å². The Bertz CT molecular complexity index is 865. The number of hydrogen-bond donors (Lipinski definition) is 2. The number of sulfonamides is 1. The Labute approximate surface area is 152 Å². The summed E-state index contributed by atoms with van der Waals surface area (Å²) in [5.41, 5.74) is 0.522. The van der Waals surface area contributed by atoms with Crippen LogP contribution in [0.1, 0.15) is 0 Å². The second-order valence-electron chi connectivity index (χ2n) is 5.12. The van der Waals surface area contributed by atoms with E-state index in [2.05, 4.69) is 10.0 Å². The predicted molar refractivity (Wildman–Crippen MR) is 96.4 cm³/mol. The maximum atomic E-state index is 12.5. The van der Waals surface area contributed by atoms with Crippen LogP contribution >= 0.6 is 0 Å². The smallest absolute Gasteiger partial charge is 0.244 e. The Morgan fingerprint density at radius 1 is 0.923 bits per heavy atom. The van der Waals surface area contributed by atoms with Crippen LogP contribution in [0.25, 0.3) is 0 Å². The third-order valence-electron chi connectivity index (χ3n) is 3.46. The average molecular weight is 380 g/mol. The van der Waals surface area contributed by atoms with Gasteiger partial charge < -0.3 is 19.5 Å². The number of nitrogens with one attached hydrogen (secondary N) is 2. The Hall–Kier alpha value is -2.78. The molecule has 2 N–H and O–H groups in total. The van der Waals surface area contributed by atoms with Crippen LogP contribution in [0.4, 0.5) is 5.69 Å². The highest BCUT2D eigenvalue weighted by atomic mass is 32.2. The van der Waals surface area contributed by atoms with Gasteiger partial charge in [0.1, 0.15) is 22.1 Å². The number of rotatable bonds is 8. The van der Waals surface area contributed by atoms with Crippen LogP contribution < -0.4 is 24.2 Å². The van der Waals surface area contributed by atoms with Crippen molar-refractivity contribution in [1.82, 2.24) is 4.72 Å². The molecule has 9 heteroatoms. The molecule has 0 atom stereocenters. The summed E-state index contributed by atoms with van der Waals surface area (Å²) in [6.07, 6.45) is 0. The highest BCUT2D eigenvalue weighted by Gasteiger charge is 2.21. The van der Waals surface area contributed by atoms with Crippen LogP contribution in [-0.2, 0) is 14.8 Å². The van der Waals surface area contributed by atoms with Gasteiger partial charge in [-0.15, -0.1) is 0 Å². The summed E-state index contributed by atoms with van der Waals surface area (Å²) < 4.78 is 42.3. The van der Waals surface area contributed by atoms with E-state index in [1.165, 1.54) is 33.5 Å². The van der Waals surface area contributed by atoms with Crippen molar-refractivity contribution in [2.24, 2.45) is 0 Å². The molecular weight excluding hydrogens is 360 g/mol. The van der Waals surface area contributed by atoms with Gasteiger partial charge in [0.25, 0.3) is 0 Å². The number of ether oxygens (including phenoxy) is 3. The predicted octanol–water partition coefficient (Wildman–Crippen LogP) is 1.63. The van der Waals surface area contributed by atoms with Crippen LogP contribution in [0.15, 0.2) is 47.4 Å². The lowest BCUT2D eigenvalue weighted by molar-refractivity contribution is -0.115. The highest BCUT2D eigenvalue weighted by Crippen LogP contribution is 2.27. The van der Waals surface area contributed by atoms with Crippen molar-refractivity contribution in [3.05, 3.63) is 42.5 Å². The van der Waals surface area contributed by atoms with Crippen molar-refractivity contribution < 1.29 is 27.4 Å². The summed E-state index contributed by atoms with van der Waals surface area (Å²) in [4.78, 5) is 11.9. The first-order chi connectivity index (χ1) is 12.4. The molecule has 140 valence electrons. The van der Waals surface area contributed by atoms with Crippen molar-refractivity contribution in [3.8, 4) is 17.2 Å². The van der Waals surface area contributed by atoms with Gasteiger partial charge in [-0.2, -0.15) is 0 Å². The lowest BCUT2D eigenvalue weighted by Crippen LogP contribution is -2.33. The second-order valence-corrected chi connectivity index (χ2v) is 6.85. The van der Waals surface area contributed by atoms with E-state index in [-0.39, 0.29) is 10.6 Å². The van der Waals surface area contributed by atoms with E-state index in [4.69, 9.17) is 14.2 Å². The van der Waals surface area contributed by atoms with Gasteiger partial charge in [0.15, 0.2) is 0 Å². The molecule has 0 saturated heterocycles. The van der Waals surface area contributed by atoms with E-state index in [0.29, 0.717) is 17.2 Å². The van der Waals surface area contributed by atoms with E-state index >= 15 is 0 Å². The lowest BCUT2D eigenvalue weighted by Gasteiger charge is -2.12. The molecule has 0 aliphatic rings. The number of hydrogen-bond acceptors (Lipinski definition) is 6. The molecule has 0 fully saturated rings. The number of amides is 1. The first-order valence-corrected chi connectivity index (χ1v) is 9.03. The molecular formula is C17H20N2O6S. The summed E-state index contributed by atoms with van der Waals surface area (Å²) in [5.74, 6) is 0.636. The maximum Gasteiger partial charge on any atom is 0.244 e. The van der Waals surface area contributed by atoms with E-state index in [1.54, 1.807) is 30.3 Å². The molecule has 0 unspecified atom stereocenters. The molecule has 0 aromatic heterocycles. The summed E-state index contributed by atoms with van der Waals surface area (Å²) in [6.45, 7) is -0.436. The largest absolute Gasteiger partial charge is 0.497 e. The van der Waals surface area contributed by atoms with E-state index in [1.807, 2.05) is 0 Å². The van der Waals surface area contributed by atoms with Gasteiger partial charge in [0.2, 0.25) is 15.9 Å². The molecule has 2 aromatic carbocycles. The molecule has 1 amide bonds. The van der Waals surface area contributed by atoms with Crippen molar-refractivity contribution in [2.75, 3.05) is 33.2 Å². The molecule has 0 spiro atoms. The summed E-state index contributed by atoms with van der Waals surface area (Å²) in [6, 6.07) is 11.0. The van der Waals surface area contributed by atoms with Crippen LogP contribution in [0, 0.1) is 0 Å². The first-order valence-electron chi connectivity index (χ1n) is 7.55. The number of benzene rings is 2. The number of anilines is 1. The fraction of sp³-hybridized carbons (Fsp3) is 0.235. The van der Waals surface area contributed by atoms with E-state index in [0.717, 1.165) is 0 Å². The Morgan fingerprint density at radius 3 is 2.12 bits per heavy atom. The number of methoxy groups -OCH3 is 3. The van der Waals surface area contributed by atoms with E-state index < -0.39 is 22.5 Å². The first kappa shape index (κ1) is 19.5. The summed E-state index contributed by atoms with van der Waals surface area (Å²) >= 11 is 0. The quantitative estimate of drug-likeness (QED) is 0.722. The van der Waals surface area contributed by atoms with Crippen LogP contribution in [0.3, 0.4) is 0 Å². The summed E-state index contributed by atoms with van der Waals surface area (Å²) in [5, 5.41) is 2.59. The number of carbonyl (C=O) groups is 1. The minimum Gasteiger partial charge on any atom is -0.497 e. The van der Waals surface area contributed by atoms with Gasteiger partial charge in [0, 0.05) is 11.8 Å². The van der Waals surface area contributed by atoms with Crippen molar-refractivity contribution in [1.29, 1.82) is 0 Å². The topological polar surface area (TPSA) is 103 Å². The molecule has 2 rings (SSSR count). The SMILES string of the molecule is COc1ccc(NC(=O)CNS(=O)(=O)c2cc(OC)ccc2OC)cc1. The normalized spacial score (nSPS) is 10.9. The lowest BCUT2D eigenvalue weighted by atomic mass is 10.3. The zero-order chi connectivity index (χ0) is 19.2. The van der Waals surface area contributed by atoms with E-state index in [9.17, 15) is 13.2 Å².